The summed E-state index contributed by atoms with van der Waals surface area (Å²) in [5.74, 6) is 0. The van der Waals surface area contributed by atoms with Gasteiger partial charge in [0.1, 0.15) is 0 Å². The van der Waals surface area contributed by atoms with Gasteiger partial charge in [0, 0.05) is 7.11 Å². The molecule has 0 spiro atoms. The minimum absolute atomic E-state index is 0.486. The Morgan fingerprint density at radius 1 is 1.50 bits per heavy atom. The molecule has 0 aromatic carbocycles. The van der Waals surface area contributed by atoms with Gasteiger partial charge < -0.3 is 4.74 Å². The Kier molecular flexibility index (Phi) is 7.04. The molecule has 0 heterocycles. The molecule has 0 fully saturated rings. The molecule has 0 aliphatic carbocycles. The highest BCUT2D eigenvalue weighted by Crippen LogP contribution is 2.07. The molecular weight excluding hydrogens is 124 g/mol. The number of hydrogen-bond donors (Lipinski definition) is 0. The fourth-order valence-electron chi connectivity index (χ4n) is 1.04. The van der Waals surface area contributed by atoms with Crippen molar-refractivity contribution in [2.24, 2.45) is 0 Å². The van der Waals surface area contributed by atoms with E-state index in [0.29, 0.717) is 6.10 Å². The third-order valence-corrected chi connectivity index (χ3v) is 1.81. The monoisotopic (exact) mass is 143 g/mol. The van der Waals surface area contributed by atoms with E-state index in [1.807, 2.05) is 0 Å². The fourth-order valence-corrected chi connectivity index (χ4v) is 1.04. The Morgan fingerprint density at radius 3 is 2.60 bits per heavy atom. The van der Waals surface area contributed by atoms with E-state index < -0.39 is 0 Å². The average molecular weight is 143 g/mol. The lowest BCUT2D eigenvalue weighted by molar-refractivity contribution is 0.0904. The minimum atomic E-state index is 0.486. The fraction of sp³-hybridized carbons (Fsp3) is 0.889. The van der Waals surface area contributed by atoms with E-state index in [9.17, 15) is 0 Å². The van der Waals surface area contributed by atoms with Crippen LogP contribution in [-0.2, 0) is 4.74 Å². The smallest absolute Gasteiger partial charge is 0.0568 e. The highest BCUT2D eigenvalue weighted by atomic mass is 16.5. The molecule has 1 heteroatoms. The predicted molar refractivity (Wildman–Crippen MR) is 44.9 cm³/mol. The first-order valence-electron chi connectivity index (χ1n) is 4.15. The van der Waals surface area contributed by atoms with E-state index in [4.69, 9.17) is 4.74 Å². The number of unbranched alkanes of at least 4 members (excludes halogenated alkanes) is 2. The SMILES string of the molecule is C[CH]CCCC(CC)OC. The largest absolute Gasteiger partial charge is 0.381 e. The second-order valence-corrected chi connectivity index (χ2v) is 2.61. The molecule has 1 unspecified atom stereocenters. The van der Waals surface area contributed by atoms with E-state index in [2.05, 4.69) is 20.3 Å². The topological polar surface area (TPSA) is 9.23 Å². The lowest BCUT2D eigenvalue weighted by atomic mass is 10.1. The quantitative estimate of drug-likeness (QED) is 0.519. The maximum atomic E-state index is 5.23. The van der Waals surface area contributed by atoms with Crippen molar-refractivity contribution in [2.45, 2.75) is 45.6 Å². The van der Waals surface area contributed by atoms with Crippen LogP contribution in [0.25, 0.3) is 0 Å². The van der Waals surface area contributed by atoms with Crippen LogP contribution in [0.1, 0.15) is 39.5 Å². The van der Waals surface area contributed by atoms with Gasteiger partial charge in [0.2, 0.25) is 0 Å². The number of ether oxygens (including phenoxy) is 1. The zero-order chi connectivity index (χ0) is 7.82. The van der Waals surface area contributed by atoms with Gasteiger partial charge in [-0.2, -0.15) is 0 Å². The lowest BCUT2D eigenvalue weighted by Crippen LogP contribution is -2.07. The van der Waals surface area contributed by atoms with Crippen LogP contribution in [0, 0.1) is 6.42 Å². The van der Waals surface area contributed by atoms with Gasteiger partial charge in [-0.25, -0.2) is 0 Å². The Morgan fingerprint density at radius 2 is 2.20 bits per heavy atom. The molecule has 1 nitrogen and oxygen atoms in total. The summed E-state index contributed by atoms with van der Waals surface area (Å²) < 4.78 is 5.23. The van der Waals surface area contributed by atoms with Gasteiger partial charge in [-0.3, -0.25) is 0 Å². The van der Waals surface area contributed by atoms with E-state index in [-0.39, 0.29) is 0 Å². The van der Waals surface area contributed by atoms with Crippen LogP contribution < -0.4 is 0 Å². The molecule has 0 aliphatic heterocycles. The van der Waals surface area contributed by atoms with Crippen molar-refractivity contribution in [3.63, 3.8) is 0 Å². The van der Waals surface area contributed by atoms with Gasteiger partial charge in [-0.1, -0.05) is 26.7 Å². The maximum Gasteiger partial charge on any atom is 0.0568 e. The third-order valence-electron chi connectivity index (χ3n) is 1.81. The summed E-state index contributed by atoms with van der Waals surface area (Å²) >= 11 is 0. The van der Waals surface area contributed by atoms with Crippen molar-refractivity contribution in [2.75, 3.05) is 7.11 Å². The Balaban J connectivity index is 3.09. The summed E-state index contributed by atoms with van der Waals surface area (Å²) in [6.45, 7) is 4.28. The van der Waals surface area contributed by atoms with E-state index >= 15 is 0 Å². The molecule has 0 amide bonds. The van der Waals surface area contributed by atoms with E-state index in [1.54, 1.807) is 7.11 Å². The first-order valence-corrected chi connectivity index (χ1v) is 4.15. The Hall–Kier alpha value is -0.0400. The van der Waals surface area contributed by atoms with Crippen molar-refractivity contribution in [1.29, 1.82) is 0 Å². The zero-order valence-corrected chi connectivity index (χ0v) is 7.39. The predicted octanol–water partition coefficient (Wildman–Crippen LogP) is 2.81. The van der Waals surface area contributed by atoms with Gasteiger partial charge in [0.15, 0.2) is 0 Å². The minimum Gasteiger partial charge on any atom is -0.381 e. The van der Waals surface area contributed by atoms with Crippen LogP contribution in [-0.4, -0.2) is 13.2 Å². The molecule has 0 aromatic heterocycles. The number of hydrogen-bond acceptors (Lipinski definition) is 1. The summed E-state index contributed by atoms with van der Waals surface area (Å²) in [5, 5.41) is 0. The molecule has 1 radical (unpaired) electrons. The van der Waals surface area contributed by atoms with Crippen molar-refractivity contribution in [1.82, 2.24) is 0 Å². The van der Waals surface area contributed by atoms with Crippen molar-refractivity contribution in [3.8, 4) is 0 Å². The van der Waals surface area contributed by atoms with Crippen molar-refractivity contribution in [3.05, 3.63) is 6.42 Å². The molecule has 10 heavy (non-hydrogen) atoms. The van der Waals surface area contributed by atoms with Gasteiger partial charge >= 0.3 is 0 Å². The van der Waals surface area contributed by atoms with Crippen LogP contribution in [0.5, 0.6) is 0 Å². The van der Waals surface area contributed by atoms with Gasteiger partial charge in [0.05, 0.1) is 6.10 Å². The average Bonchev–Trinajstić information content (AvgIpc) is 1.99. The molecular formula is C9H19O. The molecule has 0 aromatic rings. The van der Waals surface area contributed by atoms with Crippen molar-refractivity contribution < 1.29 is 4.74 Å². The maximum absolute atomic E-state index is 5.23. The summed E-state index contributed by atoms with van der Waals surface area (Å²) in [5.41, 5.74) is 0. The standard InChI is InChI=1S/C9H19O/c1-4-6-7-8-9(5-2)10-3/h4,9H,5-8H2,1-3H3. The van der Waals surface area contributed by atoms with E-state index in [1.165, 1.54) is 19.3 Å². The number of rotatable bonds is 6. The Bertz CT molecular complexity index is 57.7. The summed E-state index contributed by atoms with van der Waals surface area (Å²) in [7, 11) is 1.80. The van der Waals surface area contributed by atoms with Crippen LogP contribution in [0.4, 0.5) is 0 Å². The van der Waals surface area contributed by atoms with Gasteiger partial charge in [0.25, 0.3) is 0 Å². The van der Waals surface area contributed by atoms with Gasteiger partial charge in [-0.05, 0) is 19.3 Å². The normalized spacial score (nSPS) is 13.5. The first-order chi connectivity index (χ1) is 4.85. The van der Waals surface area contributed by atoms with Gasteiger partial charge in [-0.15, -0.1) is 0 Å². The van der Waals surface area contributed by atoms with E-state index in [0.717, 1.165) is 6.42 Å². The molecule has 0 N–H and O–H groups in total. The summed E-state index contributed by atoms with van der Waals surface area (Å²) in [6, 6.07) is 0. The summed E-state index contributed by atoms with van der Waals surface area (Å²) in [4.78, 5) is 0. The van der Waals surface area contributed by atoms with Crippen LogP contribution >= 0.6 is 0 Å². The van der Waals surface area contributed by atoms with Crippen LogP contribution in [0.3, 0.4) is 0 Å². The Labute approximate surface area is 64.8 Å². The number of methoxy groups -OCH3 is 1. The van der Waals surface area contributed by atoms with Crippen LogP contribution in [0.2, 0.25) is 0 Å². The molecule has 0 aliphatic rings. The molecule has 0 saturated carbocycles. The molecule has 61 valence electrons. The highest BCUT2D eigenvalue weighted by Gasteiger charge is 2.01. The van der Waals surface area contributed by atoms with Crippen LogP contribution in [0.15, 0.2) is 0 Å². The summed E-state index contributed by atoms with van der Waals surface area (Å²) in [6.07, 6.45) is 7.53. The molecule has 1 atom stereocenters. The second-order valence-electron chi connectivity index (χ2n) is 2.61. The molecule has 0 rings (SSSR count). The lowest BCUT2D eigenvalue weighted by Gasteiger charge is -2.11. The molecule has 0 bridgehead atoms. The third kappa shape index (κ3) is 4.80. The van der Waals surface area contributed by atoms with Crippen molar-refractivity contribution >= 4 is 0 Å². The first kappa shape index (κ1) is 9.96. The second kappa shape index (κ2) is 7.07. The zero-order valence-electron chi connectivity index (χ0n) is 7.39. The molecule has 0 saturated heterocycles. The highest BCUT2D eigenvalue weighted by molar-refractivity contribution is 4.60.